The summed E-state index contributed by atoms with van der Waals surface area (Å²) in [4.78, 5) is 23.6. The Hall–Kier alpha value is -2.62. The van der Waals surface area contributed by atoms with Gasteiger partial charge >= 0.3 is 6.03 Å². The zero-order valence-electron chi connectivity index (χ0n) is 12.1. The van der Waals surface area contributed by atoms with Gasteiger partial charge in [0.05, 0.1) is 11.7 Å². The molecule has 0 bridgehead atoms. The molecule has 0 saturated carbocycles. The Kier molecular flexibility index (Phi) is 4.72. The number of amides is 2. The Morgan fingerprint density at radius 1 is 0.952 bits per heavy atom. The standard InChI is InChI=1S/C17H18N2O2/c1-12(14-8-4-3-5-9-14)18-17(21)19-16-11-7-6-10-15(16)13(2)20/h3-12H,1-2H3,(H2,18,19,21)/t12-/m1/s1. The largest absolute Gasteiger partial charge is 0.331 e. The Balaban J connectivity index is 2.04. The highest BCUT2D eigenvalue weighted by Gasteiger charge is 2.12. The molecule has 4 nitrogen and oxygen atoms in total. The van der Waals surface area contributed by atoms with Crippen molar-refractivity contribution in [3.8, 4) is 0 Å². The SMILES string of the molecule is CC(=O)c1ccccc1NC(=O)N[C@H](C)c1ccccc1. The number of nitrogens with one attached hydrogen (secondary N) is 2. The molecule has 0 radical (unpaired) electrons. The van der Waals surface area contributed by atoms with E-state index in [-0.39, 0.29) is 17.9 Å². The number of hydrogen-bond acceptors (Lipinski definition) is 2. The van der Waals surface area contributed by atoms with Crippen LogP contribution in [0.15, 0.2) is 54.6 Å². The van der Waals surface area contributed by atoms with Gasteiger partial charge in [-0.1, -0.05) is 42.5 Å². The van der Waals surface area contributed by atoms with E-state index in [4.69, 9.17) is 0 Å². The van der Waals surface area contributed by atoms with E-state index in [0.29, 0.717) is 11.3 Å². The Labute approximate surface area is 124 Å². The summed E-state index contributed by atoms with van der Waals surface area (Å²) in [6, 6.07) is 16.2. The highest BCUT2D eigenvalue weighted by molar-refractivity contribution is 6.03. The number of urea groups is 1. The zero-order chi connectivity index (χ0) is 15.2. The third-order valence-electron chi connectivity index (χ3n) is 3.20. The first-order chi connectivity index (χ1) is 10.1. The van der Waals surface area contributed by atoms with Crippen molar-refractivity contribution in [3.63, 3.8) is 0 Å². The van der Waals surface area contributed by atoms with Crippen LogP contribution in [0.4, 0.5) is 10.5 Å². The second-order valence-electron chi connectivity index (χ2n) is 4.83. The number of anilines is 1. The third kappa shape index (κ3) is 3.92. The van der Waals surface area contributed by atoms with Gasteiger partial charge in [-0.25, -0.2) is 4.79 Å². The van der Waals surface area contributed by atoms with Crippen LogP contribution in [0.2, 0.25) is 0 Å². The van der Waals surface area contributed by atoms with Crippen LogP contribution in [-0.4, -0.2) is 11.8 Å². The highest BCUT2D eigenvalue weighted by atomic mass is 16.2. The van der Waals surface area contributed by atoms with Gasteiger partial charge in [-0.15, -0.1) is 0 Å². The van der Waals surface area contributed by atoms with Crippen LogP contribution < -0.4 is 10.6 Å². The maximum Gasteiger partial charge on any atom is 0.319 e. The highest BCUT2D eigenvalue weighted by Crippen LogP contribution is 2.16. The average Bonchev–Trinajstić information content (AvgIpc) is 2.48. The maximum atomic E-state index is 12.0. The molecular formula is C17H18N2O2. The zero-order valence-corrected chi connectivity index (χ0v) is 12.1. The van der Waals surface area contributed by atoms with Crippen LogP contribution >= 0.6 is 0 Å². The molecule has 0 aliphatic rings. The van der Waals surface area contributed by atoms with Crippen molar-refractivity contribution in [3.05, 3.63) is 65.7 Å². The maximum absolute atomic E-state index is 12.0. The summed E-state index contributed by atoms with van der Waals surface area (Å²) < 4.78 is 0. The van der Waals surface area contributed by atoms with Gasteiger partial charge in [-0.2, -0.15) is 0 Å². The fourth-order valence-corrected chi connectivity index (χ4v) is 2.08. The van der Waals surface area contributed by atoms with Crippen molar-refractivity contribution in [1.29, 1.82) is 0 Å². The third-order valence-corrected chi connectivity index (χ3v) is 3.20. The van der Waals surface area contributed by atoms with Crippen LogP contribution in [0.1, 0.15) is 35.8 Å². The van der Waals surface area contributed by atoms with E-state index in [1.807, 2.05) is 37.3 Å². The first-order valence-corrected chi connectivity index (χ1v) is 6.80. The molecule has 4 heteroatoms. The molecular weight excluding hydrogens is 264 g/mol. The molecule has 0 spiro atoms. The second-order valence-corrected chi connectivity index (χ2v) is 4.83. The van der Waals surface area contributed by atoms with Gasteiger partial charge in [-0.3, -0.25) is 4.79 Å². The molecule has 0 fully saturated rings. The van der Waals surface area contributed by atoms with Gasteiger partial charge in [0, 0.05) is 5.56 Å². The van der Waals surface area contributed by atoms with Crippen molar-refractivity contribution in [2.75, 3.05) is 5.32 Å². The molecule has 2 N–H and O–H groups in total. The van der Waals surface area contributed by atoms with Crippen LogP contribution in [-0.2, 0) is 0 Å². The normalized spacial score (nSPS) is 11.5. The molecule has 2 rings (SSSR count). The van der Waals surface area contributed by atoms with Crippen LogP contribution in [0.3, 0.4) is 0 Å². The minimum atomic E-state index is -0.333. The van der Waals surface area contributed by atoms with Gasteiger partial charge in [0.1, 0.15) is 0 Å². The first kappa shape index (κ1) is 14.8. The molecule has 2 amide bonds. The minimum Gasteiger partial charge on any atom is -0.331 e. The molecule has 2 aromatic carbocycles. The smallest absolute Gasteiger partial charge is 0.319 e. The average molecular weight is 282 g/mol. The lowest BCUT2D eigenvalue weighted by molar-refractivity contribution is 0.101. The van der Waals surface area contributed by atoms with E-state index in [0.717, 1.165) is 5.56 Å². The summed E-state index contributed by atoms with van der Waals surface area (Å²) in [5.74, 6) is -0.0815. The van der Waals surface area contributed by atoms with E-state index < -0.39 is 0 Å². The van der Waals surface area contributed by atoms with E-state index in [9.17, 15) is 9.59 Å². The van der Waals surface area contributed by atoms with Crippen molar-refractivity contribution in [2.24, 2.45) is 0 Å². The van der Waals surface area contributed by atoms with E-state index in [2.05, 4.69) is 10.6 Å². The van der Waals surface area contributed by atoms with Crippen molar-refractivity contribution in [1.82, 2.24) is 5.32 Å². The molecule has 0 saturated heterocycles. The number of carbonyl (C=O) groups excluding carboxylic acids is 2. The summed E-state index contributed by atoms with van der Waals surface area (Å²) in [7, 11) is 0. The Morgan fingerprint density at radius 3 is 2.24 bits per heavy atom. The number of ketones is 1. The number of hydrogen-bond donors (Lipinski definition) is 2. The molecule has 0 aliphatic heterocycles. The number of rotatable bonds is 4. The quantitative estimate of drug-likeness (QED) is 0.839. The topological polar surface area (TPSA) is 58.2 Å². The fraction of sp³-hybridized carbons (Fsp3) is 0.176. The monoisotopic (exact) mass is 282 g/mol. The van der Waals surface area contributed by atoms with E-state index in [1.54, 1.807) is 24.3 Å². The van der Waals surface area contributed by atoms with Crippen LogP contribution in [0.5, 0.6) is 0 Å². The number of para-hydroxylation sites is 1. The minimum absolute atomic E-state index is 0.0815. The molecule has 0 aliphatic carbocycles. The Bertz CT molecular complexity index is 638. The lowest BCUT2D eigenvalue weighted by Crippen LogP contribution is -2.31. The number of Topliss-reactive ketones (excluding diaryl/α,β-unsaturated/α-hetero) is 1. The van der Waals surface area contributed by atoms with Crippen molar-refractivity contribution in [2.45, 2.75) is 19.9 Å². The number of carbonyl (C=O) groups is 2. The predicted octanol–water partition coefficient (Wildman–Crippen LogP) is 3.77. The van der Waals surface area contributed by atoms with E-state index >= 15 is 0 Å². The molecule has 1 atom stereocenters. The summed E-state index contributed by atoms with van der Waals surface area (Å²) >= 11 is 0. The fourth-order valence-electron chi connectivity index (χ4n) is 2.08. The first-order valence-electron chi connectivity index (χ1n) is 6.80. The molecule has 0 aromatic heterocycles. The molecule has 0 heterocycles. The number of benzene rings is 2. The van der Waals surface area contributed by atoms with Gasteiger partial charge in [0.15, 0.2) is 5.78 Å². The lowest BCUT2D eigenvalue weighted by Gasteiger charge is -2.16. The Morgan fingerprint density at radius 2 is 1.57 bits per heavy atom. The molecule has 2 aromatic rings. The van der Waals surface area contributed by atoms with E-state index in [1.165, 1.54) is 6.92 Å². The summed E-state index contributed by atoms with van der Waals surface area (Å²) in [6.45, 7) is 3.39. The molecule has 21 heavy (non-hydrogen) atoms. The van der Waals surface area contributed by atoms with Crippen molar-refractivity contribution < 1.29 is 9.59 Å². The van der Waals surface area contributed by atoms with Crippen molar-refractivity contribution >= 4 is 17.5 Å². The predicted molar refractivity (Wildman–Crippen MR) is 83.5 cm³/mol. The summed E-state index contributed by atoms with van der Waals surface area (Å²) in [5, 5.41) is 5.57. The van der Waals surface area contributed by atoms with Gasteiger partial charge in [0.2, 0.25) is 0 Å². The van der Waals surface area contributed by atoms with Crippen LogP contribution in [0, 0.1) is 0 Å². The molecule has 0 unspecified atom stereocenters. The van der Waals surface area contributed by atoms with Gasteiger partial charge in [-0.05, 0) is 31.5 Å². The van der Waals surface area contributed by atoms with Gasteiger partial charge in [0.25, 0.3) is 0 Å². The summed E-state index contributed by atoms with van der Waals surface area (Å²) in [5.41, 5.74) is 2.04. The summed E-state index contributed by atoms with van der Waals surface area (Å²) in [6.07, 6.45) is 0. The van der Waals surface area contributed by atoms with Gasteiger partial charge < -0.3 is 10.6 Å². The van der Waals surface area contributed by atoms with Crippen LogP contribution in [0.25, 0.3) is 0 Å². The second kappa shape index (κ2) is 6.70. The lowest BCUT2D eigenvalue weighted by atomic mass is 10.1. The molecule has 108 valence electrons.